The Morgan fingerprint density at radius 3 is 2.68 bits per heavy atom. The molecule has 5 heteroatoms. The summed E-state index contributed by atoms with van der Waals surface area (Å²) >= 11 is 11.8. The second-order valence-corrected chi connectivity index (χ2v) is 6.55. The van der Waals surface area contributed by atoms with Gasteiger partial charge in [0.25, 0.3) is 0 Å². The van der Waals surface area contributed by atoms with E-state index in [-0.39, 0.29) is 5.41 Å². The lowest BCUT2D eigenvalue weighted by Crippen LogP contribution is -2.22. The zero-order valence-electron chi connectivity index (χ0n) is 11.3. The molecule has 0 bridgehead atoms. The summed E-state index contributed by atoms with van der Waals surface area (Å²) in [4.78, 5) is 4.11. The maximum absolute atomic E-state index is 6.04. The Kier molecular flexibility index (Phi) is 4.16. The molecular weight excluding hydrogens is 281 g/mol. The van der Waals surface area contributed by atoms with Crippen LogP contribution in [0.5, 0.6) is 0 Å². The molecule has 0 saturated carbocycles. The molecule has 102 valence electrons. The lowest BCUT2D eigenvalue weighted by atomic mass is 9.77. The van der Waals surface area contributed by atoms with Gasteiger partial charge in [0.1, 0.15) is 0 Å². The average Bonchev–Trinajstić information content (AvgIpc) is 2.25. The molecule has 19 heavy (non-hydrogen) atoms. The minimum atomic E-state index is 0.247. The molecule has 0 atom stereocenters. The zero-order chi connectivity index (χ0) is 14.0. The van der Waals surface area contributed by atoms with Crippen LogP contribution in [-0.2, 0) is 0 Å². The van der Waals surface area contributed by atoms with Gasteiger partial charge in [0.15, 0.2) is 5.82 Å². The van der Waals surface area contributed by atoms with E-state index in [4.69, 9.17) is 23.2 Å². The van der Waals surface area contributed by atoms with Crippen LogP contribution in [0.25, 0.3) is 0 Å². The van der Waals surface area contributed by atoms with E-state index in [1.54, 1.807) is 12.3 Å². The number of nitrogens with one attached hydrogen (secondary N) is 1. The Morgan fingerprint density at radius 1 is 1.32 bits per heavy atom. The SMILES string of the molecule is CC1=CC(=NNc2ncc(Cl)cc2Cl)CC(C)(C)C1. The van der Waals surface area contributed by atoms with Gasteiger partial charge in [-0.1, -0.05) is 42.6 Å². The maximum atomic E-state index is 6.04. The number of hydrazone groups is 1. The lowest BCUT2D eigenvalue weighted by molar-refractivity contribution is 0.373. The third-order valence-electron chi connectivity index (χ3n) is 2.94. The number of hydrogen-bond acceptors (Lipinski definition) is 3. The highest BCUT2D eigenvalue weighted by atomic mass is 35.5. The summed E-state index contributed by atoms with van der Waals surface area (Å²) < 4.78 is 0. The number of nitrogens with zero attached hydrogens (tertiary/aromatic N) is 2. The van der Waals surface area contributed by atoms with E-state index in [1.165, 1.54) is 5.57 Å². The van der Waals surface area contributed by atoms with E-state index in [1.807, 2.05) is 0 Å². The van der Waals surface area contributed by atoms with Gasteiger partial charge >= 0.3 is 0 Å². The lowest BCUT2D eigenvalue weighted by Gasteiger charge is -2.29. The fourth-order valence-electron chi connectivity index (χ4n) is 2.39. The molecule has 1 heterocycles. The maximum Gasteiger partial charge on any atom is 0.165 e. The molecule has 2 rings (SSSR count). The van der Waals surface area contributed by atoms with Gasteiger partial charge in [0, 0.05) is 6.20 Å². The van der Waals surface area contributed by atoms with Crippen molar-refractivity contribution in [2.24, 2.45) is 10.5 Å². The molecular formula is C14H17Cl2N3. The number of anilines is 1. The number of halogens is 2. The minimum Gasteiger partial charge on any atom is -0.260 e. The fourth-order valence-corrected chi connectivity index (χ4v) is 2.81. The molecule has 0 unspecified atom stereocenters. The number of hydrogen-bond donors (Lipinski definition) is 1. The quantitative estimate of drug-likeness (QED) is 0.787. The van der Waals surface area contributed by atoms with Crippen molar-refractivity contribution in [3.05, 3.63) is 34.0 Å². The highest BCUT2D eigenvalue weighted by Gasteiger charge is 2.24. The third kappa shape index (κ3) is 3.95. The van der Waals surface area contributed by atoms with Crippen molar-refractivity contribution in [1.82, 2.24) is 4.98 Å². The van der Waals surface area contributed by atoms with Crippen LogP contribution >= 0.6 is 23.2 Å². The molecule has 0 aromatic carbocycles. The minimum absolute atomic E-state index is 0.247. The van der Waals surface area contributed by atoms with E-state index in [9.17, 15) is 0 Å². The summed E-state index contributed by atoms with van der Waals surface area (Å²) in [6, 6.07) is 1.64. The van der Waals surface area contributed by atoms with Crippen molar-refractivity contribution in [2.45, 2.75) is 33.6 Å². The van der Waals surface area contributed by atoms with Crippen LogP contribution in [-0.4, -0.2) is 10.7 Å². The summed E-state index contributed by atoms with van der Waals surface area (Å²) in [6.45, 7) is 6.61. The van der Waals surface area contributed by atoms with Crippen molar-refractivity contribution in [1.29, 1.82) is 0 Å². The van der Waals surface area contributed by atoms with Gasteiger partial charge in [0.2, 0.25) is 0 Å². The molecule has 0 spiro atoms. The van der Waals surface area contributed by atoms with Crippen LogP contribution in [0, 0.1) is 5.41 Å². The molecule has 0 radical (unpaired) electrons. The van der Waals surface area contributed by atoms with Gasteiger partial charge in [-0.3, -0.25) is 5.43 Å². The van der Waals surface area contributed by atoms with Gasteiger partial charge in [-0.25, -0.2) is 4.98 Å². The first-order valence-corrected chi connectivity index (χ1v) is 6.92. The van der Waals surface area contributed by atoms with Crippen molar-refractivity contribution < 1.29 is 0 Å². The van der Waals surface area contributed by atoms with Crippen LogP contribution in [0.2, 0.25) is 10.0 Å². The highest BCUT2D eigenvalue weighted by molar-refractivity contribution is 6.35. The molecule has 0 amide bonds. The first-order valence-electron chi connectivity index (χ1n) is 6.16. The molecule has 0 aliphatic heterocycles. The fraction of sp³-hybridized carbons (Fsp3) is 0.429. The monoisotopic (exact) mass is 297 g/mol. The van der Waals surface area contributed by atoms with Gasteiger partial charge < -0.3 is 0 Å². The largest absolute Gasteiger partial charge is 0.260 e. The Morgan fingerprint density at radius 2 is 2.05 bits per heavy atom. The Hall–Kier alpha value is -1.06. The number of rotatable bonds is 2. The summed E-state index contributed by atoms with van der Waals surface area (Å²) in [7, 11) is 0. The topological polar surface area (TPSA) is 37.3 Å². The average molecular weight is 298 g/mol. The number of pyridine rings is 1. The second kappa shape index (κ2) is 5.51. The van der Waals surface area contributed by atoms with Crippen molar-refractivity contribution in [3.8, 4) is 0 Å². The van der Waals surface area contributed by atoms with Crippen LogP contribution in [0.3, 0.4) is 0 Å². The van der Waals surface area contributed by atoms with E-state index in [0.29, 0.717) is 15.9 Å². The molecule has 1 aromatic rings. The molecule has 1 aromatic heterocycles. The van der Waals surface area contributed by atoms with Crippen molar-refractivity contribution >= 4 is 34.7 Å². The predicted molar refractivity (Wildman–Crippen MR) is 82.1 cm³/mol. The van der Waals surface area contributed by atoms with Gasteiger partial charge in [-0.15, -0.1) is 0 Å². The predicted octanol–water partition coefficient (Wildman–Crippen LogP) is 4.92. The highest BCUT2D eigenvalue weighted by Crippen LogP contribution is 2.33. The van der Waals surface area contributed by atoms with E-state index < -0.39 is 0 Å². The van der Waals surface area contributed by atoms with Crippen molar-refractivity contribution in [2.75, 3.05) is 5.43 Å². The van der Waals surface area contributed by atoms with Gasteiger partial charge in [-0.05, 0) is 37.3 Å². The van der Waals surface area contributed by atoms with Crippen molar-refractivity contribution in [3.63, 3.8) is 0 Å². The molecule has 1 N–H and O–H groups in total. The summed E-state index contributed by atoms with van der Waals surface area (Å²) in [6.07, 6.45) is 5.69. The standard InChI is InChI=1S/C14H17Cl2N3/c1-9-4-11(7-14(2,3)6-9)18-19-13-12(16)5-10(15)8-17-13/h4-5,8H,6-7H2,1-3H3,(H,17,19). The molecule has 1 aliphatic carbocycles. The van der Waals surface area contributed by atoms with Crippen LogP contribution in [0.4, 0.5) is 5.82 Å². The number of allylic oxidation sites excluding steroid dienone is 2. The molecule has 1 aliphatic rings. The first kappa shape index (κ1) is 14.4. The third-order valence-corrected chi connectivity index (χ3v) is 3.44. The van der Waals surface area contributed by atoms with E-state index >= 15 is 0 Å². The molecule has 3 nitrogen and oxygen atoms in total. The smallest absolute Gasteiger partial charge is 0.165 e. The molecule has 0 saturated heterocycles. The Labute approximate surface area is 123 Å². The van der Waals surface area contributed by atoms with Crippen LogP contribution in [0.1, 0.15) is 33.6 Å². The van der Waals surface area contributed by atoms with Gasteiger partial charge in [-0.2, -0.15) is 5.10 Å². The van der Waals surface area contributed by atoms with Crippen LogP contribution in [0.15, 0.2) is 29.0 Å². The summed E-state index contributed by atoms with van der Waals surface area (Å²) in [5, 5.41) is 5.37. The summed E-state index contributed by atoms with van der Waals surface area (Å²) in [5.74, 6) is 0.521. The number of aromatic nitrogens is 1. The Bertz CT molecular complexity index is 548. The molecule has 0 fully saturated rings. The Balaban J connectivity index is 2.16. The van der Waals surface area contributed by atoms with E-state index in [2.05, 4.69) is 42.4 Å². The van der Waals surface area contributed by atoms with Crippen LogP contribution < -0.4 is 5.43 Å². The van der Waals surface area contributed by atoms with Gasteiger partial charge in [0.05, 0.1) is 15.8 Å². The zero-order valence-corrected chi connectivity index (χ0v) is 12.8. The normalized spacial score (nSPS) is 20.3. The second-order valence-electron chi connectivity index (χ2n) is 5.71. The first-order chi connectivity index (χ1) is 8.85. The van der Waals surface area contributed by atoms with E-state index in [0.717, 1.165) is 18.6 Å². The summed E-state index contributed by atoms with van der Waals surface area (Å²) in [5.41, 5.74) is 5.51.